The van der Waals surface area contributed by atoms with E-state index in [1.54, 1.807) is 38.5 Å². The number of methoxy groups -OCH3 is 2. The number of halogens is 1. The number of carbonyl (C=O) groups is 1. The molecule has 1 amide bonds. The number of guanidine groups is 1. The molecule has 0 spiro atoms. The molecule has 0 saturated carbocycles. The van der Waals surface area contributed by atoms with E-state index in [-0.39, 0.29) is 35.8 Å². The monoisotopic (exact) mass is 470 g/mol. The van der Waals surface area contributed by atoms with Crippen LogP contribution < -0.4 is 25.8 Å². The van der Waals surface area contributed by atoms with Crippen molar-refractivity contribution in [2.75, 3.05) is 32.6 Å². The van der Waals surface area contributed by atoms with Gasteiger partial charge in [0.05, 0.1) is 20.8 Å². The summed E-state index contributed by atoms with van der Waals surface area (Å²) in [5.41, 5.74) is 7.16. The number of nitrogens with one attached hydrogen (secondary N) is 2. The molecule has 8 heteroatoms. The van der Waals surface area contributed by atoms with Gasteiger partial charge in [0.1, 0.15) is 11.5 Å². The molecule has 140 valence electrons. The summed E-state index contributed by atoms with van der Waals surface area (Å²) in [7, 11) is 3.17. The van der Waals surface area contributed by atoms with Gasteiger partial charge in [-0.15, -0.1) is 24.0 Å². The van der Waals surface area contributed by atoms with Crippen LogP contribution in [0, 0.1) is 0 Å². The van der Waals surface area contributed by atoms with E-state index in [1.807, 2.05) is 24.3 Å². The molecule has 0 aliphatic heterocycles. The molecule has 26 heavy (non-hydrogen) atoms. The number of aliphatic imine (C=N–C) groups is 1. The second-order valence-electron chi connectivity index (χ2n) is 5.11. The summed E-state index contributed by atoms with van der Waals surface area (Å²) >= 11 is 0. The SMILES string of the molecule is COc1ccc(NC(N)=NCCNC(=O)c2cccc(OC)c2)cc1.I. The zero-order valence-corrected chi connectivity index (χ0v) is 17.0. The van der Waals surface area contributed by atoms with E-state index in [0.29, 0.717) is 24.4 Å². The van der Waals surface area contributed by atoms with Gasteiger partial charge in [-0.05, 0) is 42.5 Å². The summed E-state index contributed by atoms with van der Waals surface area (Å²) in [6.45, 7) is 0.742. The van der Waals surface area contributed by atoms with Crippen LogP contribution in [0.25, 0.3) is 0 Å². The molecule has 0 aliphatic carbocycles. The third kappa shape index (κ3) is 6.79. The van der Waals surface area contributed by atoms with Crippen LogP contribution in [0.2, 0.25) is 0 Å². The Bertz CT molecular complexity index is 735. The fourth-order valence-corrected chi connectivity index (χ4v) is 2.07. The van der Waals surface area contributed by atoms with E-state index in [4.69, 9.17) is 15.2 Å². The van der Waals surface area contributed by atoms with Gasteiger partial charge >= 0.3 is 0 Å². The first-order valence-corrected chi connectivity index (χ1v) is 7.75. The van der Waals surface area contributed by atoms with Gasteiger partial charge in [0.2, 0.25) is 0 Å². The van der Waals surface area contributed by atoms with E-state index in [2.05, 4.69) is 15.6 Å². The smallest absolute Gasteiger partial charge is 0.251 e. The fraction of sp³-hybridized carbons (Fsp3) is 0.222. The third-order valence-corrected chi connectivity index (χ3v) is 3.37. The number of hydrogen-bond donors (Lipinski definition) is 3. The number of benzene rings is 2. The lowest BCUT2D eigenvalue weighted by Gasteiger charge is -2.07. The van der Waals surface area contributed by atoms with Gasteiger partial charge in [-0.2, -0.15) is 0 Å². The van der Waals surface area contributed by atoms with Crippen molar-refractivity contribution < 1.29 is 14.3 Å². The summed E-state index contributed by atoms with van der Waals surface area (Å²) in [5.74, 6) is 1.50. The molecule has 0 unspecified atom stereocenters. The first-order chi connectivity index (χ1) is 12.1. The van der Waals surface area contributed by atoms with E-state index < -0.39 is 0 Å². The van der Waals surface area contributed by atoms with Crippen LogP contribution >= 0.6 is 24.0 Å². The van der Waals surface area contributed by atoms with E-state index in [9.17, 15) is 4.79 Å². The normalized spacial score (nSPS) is 10.5. The summed E-state index contributed by atoms with van der Waals surface area (Å²) in [4.78, 5) is 16.2. The number of amides is 1. The van der Waals surface area contributed by atoms with Crippen LogP contribution in [-0.4, -0.2) is 39.2 Å². The van der Waals surface area contributed by atoms with Crippen molar-refractivity contribution in [3.63, 3.8) is 0 Å². The quantitative estimate of drug-likeness (QED) is 0.250. The Kier molecular flexibility index (Phi) is 9.27. The molecule has 0 aliphatic rings. The maximum atomic E-state index is 12.0. The lowest BCUT2D eigenvalue weighted by Crippen LogP contribution is -2.28. The van der Waals surface area contributed by atoms with Crippen molar-refractivity contribution in [3.8, 4) is 11.5 Å². The molecular weight excluding hydrogens is 447 g/mol. The minimum Gasteiger partial charge on any atom is -0.497 e. The van der Waals surface area contributed by atoms with Crippen molar-refractivity contribution in [2.45, 2.75) is 0 Å². The van der Waals surface area contributed by atoms with Crippen LogP contribution in [0.4, 0.5) is 5.69 Å². The fourth-order valence-electron chi connectivity index (χ4n) is 2.07. The van der Waals surface area contributed by atoms with Crippen LogP contribution in [0.1, 0.15) is 10.4 Å². The highest BCUT2D eigenvalue weighted by molar-refractivity contribution is 14.0. The zero-order chi connectivity index (χ0) is 18.1. The van der Waals surface area contributed by atoms with Crippen molar-refractivity contribution in [3.05, 3.63) is 54.1 Å². The van der Waals surface area contributed by atoms with Crippen LogP contribution in [0.3, 0.4) is 0 Å². The van der Waals surface area contributed by atoms with Gasteiger partial charge in [-0.25, -0.2) is 0 Å². The summed E-state index contributed by atoms with van der Waals surface area (Å²) in [6, 6.07) is 14.3. The average Bonchev–Trinajstić information content (AvgIpc) is 2.65. The maximum absolute atomic E-state index is 12.0. The second-order valence-corrected chi connectivity index (χ2v) is 5.11. The Morgan fingerprint density at radius 3 is 2.42 bits per heavy atom. The number of carbonyl (C=O) groups excluding carboxylic acids is 1. The summed E-state index contributed by atoms with van der Waals surface area (Å²) < 4.78 is 10.2. The minimum atomic E-state index is -0.184. The molecule has 0 heterocycles. The topological polar surface area (TPSA) is 98.0 Å². The highest BCUT2D eigenvalue weighted by Crippen LogP contribution is 2.14. The van der Waals surface area contributed by atoms with Gasteiger partial charge in [0, 0.05) is 17.8 Å². The van der Waals surface area contributed by atoms with Crippen LogP contribution in [-0.2, 0) is 0 Å². The second kappa shape index (κ2) is 11.2. The highest BCUT2D eigenvalue weighted by Gasteiger charge is 2.05. The van der Waals surface area contributed by atoms with Crippen molar-refractivity contribution in [2.24, 2.45) is 10.7 Å². The van der Waals surface area contributed by atoms with Gasteiger partial charge in [0.15, 0.2) is 5.96 Å². The van der Waals surface area contributed by atoms with Crippen molar-refractivity contribution in [1.82, 2.24) is 5.32 Å². The van der Waals surface area contributed by atoms with Crippen molar-refractivity contribution >= 4 is 41.5 Å². The largest absolute Gasteiger partial charge is 0.497 e. The molecule has 2 aromatic carbocycles. The van der Waals surface area contributed by atoms with E-state index >= 15 is 0 Å². The molecule has 0 bridgehead atoms. The lowest BCUT2D eigenvalue weighted by atomic mass is 10.2. The first kappa shape index (κ1) is 21.6. The number of ether oxygens (including phenoxy) is 2. The van der Waals surface area contributed by atoms with E-state index in [0.717, 1.165) is 11.4 Å². The van der Waals surface area contributed by atoms with Gasteiger partial charge in [0.25, 0.3) is 5.91 Å². The number of nitrogens with zero attached hydrogens (tertiary/aromatic N) is 1. The van der Waals surface area contributed by atoms with E-state index in [1.165, 1.54) is 0 Å². The van der Waals surface area contributed by atoms with Gasteiger partial charge in [-0.1, -0.05) is 6.07 Å². The minimum absolute atomic E-state index is 0. The first-order valence-electron chi connectivity index (χ1n) is 7.75. The molecule has 0 radical (unpaired) electrons. The van der Waals surface area contributed by atoms with Crippen LogP contribution in [0.5, 0.6) is 11.5 Å². The summed E-state index contributed by atoms with van der Waals surface area (Å²) in [5, 5.41) is 5.75. The molecule has 0 aromatic heterocycles. The Morgan fingerprint density at radius 2 is 1.77 bits per heavy atom. The number of hydrogen-bond acceptors (Lipinski definition) is 4. The molecular formula is C18H23IN4O3. The Morgan fingerprint density at radius 1 is 1.08 bits per heavy atom. The highest BCUT2D eigenvalue weighted by atomic mass is 127. The lowest BCUT2D eigenvalue weighted by molar-refractivity contribution is 0.0954. The standard InChI is InChI=1S/C18H22N4O3.HI/c1-24-15-8-6-14(7-9-15)22-18(19)21-11-10-20-17(23)13-4-3-5-16(12-13)25-2;/h3-9,12H,10-11H2,1-2H3,(H,20,23)(H3,19,21,22);1H. The number of anilines is 1. The predicted octanol–water partition coefficient (Wildman–Crippen LogP) is 2.48. The van der Waals surface area contributed by atoms with Gasteiger partial charge < -0.3 is 25.8 Å². The number of nitrogens with two attached hydrogens (primary N) is 1. The number of rotatable bonds is 7. The molecule has 2 aromatic rings. The van der Waals surface area contributed by atoms with Gasteiger partial charge in [-0.3, -0.25) is 9.79 Å². The summed E-state index contributed by atoms with van der Waals surface area (Å²) in [6.07, 6.45) is 0. The predicted molar refractivity (Wildman–Crippen MR) is 114 cm³/mol. The zero-order valence-electron chi connectivity index (χ0n) is 14.7. The van der Waals surface area contributed by atoms with Crippen molar-refractivity contribution in [1.29, 1.82) is 0 Å². The van der Waals surface area contributed by atoms with Crippen LogP contribution in [0.15, 0.2) is 53.5 Å². The Labute approximate surface area is 170 Å². The average molecular weight is 470 g/mol. The molecule has 0 saturated heterocycles. The Hall–Kier alpha value is -2.49. The maximum Gasteiger partial charge on any atom is 0.251 e. The molecule has 7 nitrogen and oxygen atoms in total. The molecule has 0 atom stereocenters. The molecule has 2 rings (SSSR count). The molecule has 4 N–H and O–H groups in total. The Balaban J connectivity index is 0.00000338. The molecule has 0 fully saturated rings. The third-order valence-electron chi connectivity index (χ3n) is 3.37.